The summed E-state index contributed by atoms with van der Waals surface area (Å²) in [6, 6.07) is 8.13. The maximum absolute atomic E-state index is 11.9. The molecule has 1 heterocycles. The van der Waals surface area contributed by atoms with Crippen LogP contribution < -0.4 is 15.5 Å². The van der Waals surface area contributed by atoms with Crippen molar-refractivity contribution >= 4 is 17.6 Å². The molecule has 1 saturated heterocycles. The van der Waals surface area contributed by atoms with Gasteiger partial charge in [-0.2, -0.15) is 0 Å². The van der Waals surface area contributed by atoms with Crippen LogP contribution in [0.3, 0.4) is 0 Å². The normalized spacial score (nSPS) is 16.2. The van der Waals surface area contributed by atoms with E-state index >= 15 is 0 Å². The Morgan fingerprint density at radius 3 is 2.65 bits per heavy atom. The number of piperidine rings is 1. The molecule has 1 amide bonds. The topological polar surface area (TPSA) is 56.7 Å². The number of carbonyl (C=O) groups excluding carboxylic acids is 1. The first kappa shape index (κ1) is 14.4. The van der Waals surface area contributed by atoms with Crippen LogP contribution >= 0.6 is 0 Å². The van der Waals surface area contributed by atoms with Gasteiger partial charge in [0.25, 0.3) is 0 Å². The predicted molar refractivity (Wildman–Crippen MR) is 81.9 cm³/mol. The molecule has 0 atom stereocenters. The smallest absolute Gasteiger partial charge is 0.226 e. The second-order valence-corrected chi connectivity index (χ2v) is 4.84. The summed E-state index contributed by atoms with van der Waals surface area (Å²) in [6.45, 7) is 1.55. The quantitative estimate of drug-likeness (QED) is 0.649. The Balaban J connectivity index is 1.97. The molecule has 1 aliphatic heterocycles. The molecule has 0 saturated carbocycles. The van der Waals surface area contributed by atoms with Crippen LogP contribution in [-0.4, -0.2) is 32.5 Å². The van der Waals surface area contributed by atoms with E-state index < -0.39 is 0 Å². The number of benzene rings is 1. The van der Waals surface area contributed by atoms with Gasteiger partial charge in [0.15, 0.2) is 5.96 Å². The van der Waals surface area contributed by atoms with Crippen molar-refractivity contribution in [2.24, 2.45) is 4.99 Å². The van der Waals surface area contributed by atoms with Crippen molar-refractivity contribution in [1.82, 2.24) is 10.6 Å². The number of amides is 1. The van der Waals surface area contributed by atoms with E-state index in [0.29, 0.717) is 13.0 Å². The van der Waals surface area contributed by atoms with Crippen LogP contribution in [0.4, 0.5) is 5.69 Å². The molecule has 108 valence electrons. The highest BCUT2D eigenvalue weighted by Gasteiger charge is 2.19. The highest BCUT2D eigenvalue weighted by molar-refractivity contribution is 5.93. The Kier molecular flexibility index (Phi) is 4.98. The van der Waals surface area contributed by atoms with E-state index in [4.69, 9.17) is 0 Å². The average Bonchev–Trinajstić information content (AvgIpc) is 2.49. The van der Waals surface area contributed by atoms with E-state index in [1.54, 1.807) is 7.05 Å². The molecule has 1 aromatic rings. The average molecular weight is 274 g/mol. The van der Waals surface area contributed by atoms with Crippen molar-refractivity contribution in [3.63, 3.8) is 0 Å². The van der Waals surface area contributed by atoms with Gasteiger partial charge in [0, 0.05) is 39.3 Å². The molecule has 1 aliphatic rings. The van der Waals surface area contributed by atoms with Crippen LogP contribution in [0.1, 0.15) is 24.8 Å². The number of hydrogen-bond acceptors (Lipinski definition) is 2. The van der Waals surface area contributed by atoms with E-state index in [1.807, 2.05) is 36.2 Å². The van der Waals surface area contributed by atoms with Gasteiger partial charge in [-0.1, -0.05) is 12.1 Å². The van der Waals surface area contributed by atoms with Gasteiger partial charge in [0.1, 0.15) is 0 Å². The Morgan fingerprint density at radius 1 is 1.30 bits per heavy atom. The summed E-state index contributed by atoms with van der Waals surface area (Å²) in [5.41, 5.74) is 2.16. The Labute approximate surface area is 120 Å². The van der Waals surface area contributed by atoms with E-state index in [-0.39, 0.29) is 5.91 Å². The fourth-order valence-corrected chi connectivity index (χ4v) is 2.34. The second kappa shape index (κ2) is 6.93. The third kappa shape index (κ3) is 3.50. The largest absolute Gasteiger partial charge is 0.359 e. The zero-order chi connectivity index (χ0) is 14.4. The molecule has 0 unspecified atom stereocenters. The van der Waals surface area contributed by atoms with Crippen LogP contribution in [0.2, 0.25) is 0 Å². The van der Waals surface area contributed by atoms with Crippen LogP contribution in [0, 0.1) is 0 Å². The number of aliphatic imine (C=N–C) groups is 1. The third-order valence-corrected chi connectivity index (χ3v) is 3.49. The number of nitrogens with zero attached hydrogens (tertiary/aromatic N) is 2. The number of carbonyl (C=O) groups is 1. The standard InChI is InChI=1S/C15H22N4O/c1-16-15(17-2)18-11-12-6-8-13(9-7-12)19-10-4-3-5-14(19)20/h6-9H,3-5,10-11H2,1-2H3,(H2,16,17,18). The van der Waals surface area contributed by atoms with Gasteiger partial charge in [-0.05, 0) is 30.5 Å². The minimum absolute atomic E-state index is 0.234. The zero-order valence-corrected chi connectivity index (χ0v) is 12.1. The molecule has 20 heavy (non-hydrogen) atoms. The molecule has 0 bridgehead atoms. The van der Waals surface area contributed by atoms with E-state index in [9.17, 15) is 4.79 Å². The van der Waals surface area contributed by atoms with Crippen molar-refractivity contribution in [3.8, 4) is 0 Å². The van der Waals surface area contributed by atoms with Gasteiger partial charge in [0.05, 0.1) is 0 Å². The molecule has 5 heteroatoms. The lowest BCUT2D eigenvalue weighted by Gasteiger charge is -2.26. The first-order chi connectivity index (χ1) is 9.74. The first-order valence-electron chi connectivity index (χ1n) is 7.02. The second-order valence-electron chi connectivity index (χ2n) is 4.84. The van der Waals surface area contributed by atoms with Gasteiger partial charge in [0.2, 0.25) is 5.91 Å². The van der Waals surface area contributed by atoms with Crippen molar-refractivity contribution in [2.45, 2.75) is 25.8 Å². The monoisotopic (exact) mass is 274 g/mol. The van der Waals surface area contributed by atoms with Crippen LogP contribution in [0.5, 0.6) is 0 Å². The Bertz CT molecular complexity index is 481. The molecule has 2 N–H and O–H groups in total. The summed E-state index contributed by atoms with van der Waals surface area (Å²) in [4.78, 5) is 17.8. The van der Waals surface area contributed by atoms with Crippen molar-refractivity contribution < 1.29 is 4.79 Å². The lowest BCUT2D eigenvalue weighted by atomic mass is 10.1. The van der Waals surface area contributed by atoms with Crippen LogP contribution in [0.15, 0.2) is 29.3 Å². The zero-order valence-electron chi connectivity index (χ0n) is 12.1. The van der Waals surface area contributed by atoms with Crippen molar-refractivity contribution in [1.29, 1.82) is 0 Å². The molecule has 2 rings (SSSR count). The molecule has 0 aliphatic carbocycles. The summed E-state index contributed by atoms with van der Waals surface area (Å²) in [7, 11) is 3.57. The maximum atomic E-state index is 11.9. The molecule has 5 nitrogen and oxygen atoms in total. The molecule has 1 aromatic carbocycles. The van der Waals surface area contributed by atoms with Gasteiger partial charge in [-0.3, -0.25) is 9.79 Å². The van der Waals surface area contributed by atoms with Gasteiger partial charge in [-0.15, -0.1) is 0 Å². The number of hydrogen-bond donors (Lipinski definition) is 2. The SMILES string of the molecule is CN=C(NC)NCc1ccc(N2CCCCC2=O)cc1. The number of anilines is 1. The van der Waals surface area contributed by atoms with Crippen molar-refractivity contribution in [2.75, 3.05) is 25.5 Å². The molecule has 0 radical (unpaired) electrons. The lowest BCUT2D eigenvalue weighted by Crippen LogP contribution is -2.35. The Morgan fingerprint density at radius 2 is 2.05 bits per heavy atom. The molecule has 0 aromatic heterocycles. The minimum Gasteiger partial charge on any atom is -0.359 e. The Hall–Kier alpha value is -2.04. The van der Waals surface area contributed by atoms with Crippen LogP contribution in [0.25, 0.3) is 0 Å². The van der Waals surface area contributed by atoms with Crippen molar-refractivity contribution in [3.05, 3.63) is 29.8 Å². The van der Waals surface area contributed by atoms with E-state index in [2.05, 4.69) is 15.6 Å². The minimum atomic E-state index is 0.234. The number of rotatable bonds is 3. The molecular weight excluding hydrogens is 252 g/mol. The fraction of sp³-hybridized carbons (Fsp3) is 0.467. The molecule has 1 fully saturated rings. The summed E-state index contributed by atoms with van der Waals surface area (Å²) >= 11 is 0. The molecular formula is C15H22N4O. The first-order valence-corrected chi connectivity index (χ1v) is 7.02. The highest BCUT2D eigenvalue weighted by atomic mass is 16.2. The summed E-state index contributed by atoms with van der Waals surface area (Å²) < 4.78 is 0. The lowest BCUT2D eigenvalue weighted by molar-refractivity contribution is -0.119. The number of guanidine groups is 1. The summed E-state index contributed by atoms with van der Waals surface area (Å²) in [5.74, 6) is 0.998. The predicted octanol–water partition coefficient (Wildman–Crippen LogP) is 1.50. The van der Waals surface area contributed by atoms with E-state index in [0.717, 1.165) is 36.6 Å². The van der Waals surface area contributed by atoms with Gasteiger partial charge >= 0.3 is 0 Å². The summed E-state index contributed by atoms with van der Waals surface area (Å²) in [5, 5.41) is 6.18. The summed E-state index contributed by atoms with van der Waals surface area (Å²) in [6.07, 6.45) is 2.77. The van der Waals surface area contributed by atoms with Gasteiger partial charge in [-0.25, -0.2) is 0 Å². The number of nitrogens with one attached hydrogen (secondary N) is 2. The molecule has 0 spiro atoms. The highest BCUT2D eigenvalue weighted by Crippen LogP contribution is 2.21. The fourth-order valence-electron chi connectivity index (χ4n) is 2.34. The van der Waals surface area contributed by atoms with Gasteiger partial charge < -0.3 is 15.5 Å². The third-order valence-electron chi connectivity index (χ3n) is 3.49. The van der Waals surface area contributed by atoms with E-state index in [1.165, 1.54) is 0 Å². The van der Waals surface area contributed by atoms with Crippen LogP contribution in [-0.2, 0) is 11.3 Å². The maximum Gasteiger partial charge on any atom is 0.226 e.